The summed E-state index contributed by atoms with van der Waals surface area (Å²) in [6, 6.07) is 0.446. The topological polar surface area (TPSA) is 66.9 Å². The molecule has 1 amide bonds. The summed E-state index contributed by atoms with van der Waals surface area (Å²) in [6.07, 6.45) is 2.76. The Labute approximate surface area is 92.3 Å². The Morgan fingerprint density at radius 3 is 2.93 bits per heavy atom. The fourth-order valence-electron chi connectivity index (χ4n) is 1.18. The minimum absolute atomic E-state index is 0.117. The van der Waals surface area contributed by atoms with Gasteiger partial charge < -0.3 is 10.6 Å². The average Bonchev–Trinajstić information content (AvgIpc) is 2.89. The Bertz CT molecular complexity index is 348. The van der Waals surface area contributed by atoms with Crippen molar-refractivity contribution in [3.8, 4) is 0 Å². The smallest absolute Gasteiger partial charge is 0.221 e. The van der Waals surface area contributed by atoms with Gasteiger partial charge in [0.15, 0.2) is 0 Å². The van der Waals surface area contributed by atoms with E-state index >= 15 is 0 Å². The van der Waals surface area contributed by atoms with Crippen LogP contribution < -0.4 is 10.6 Å². The van der Waals surface area contributed by atoms with Gasteiger partial charge in [0, 0.05) is 19.0 Å². The van der Waals surface area contributed by atoms with Crippen molar-refractivity contribution in [1.82, 2.24) is 15.5 Å². The van der Waals surface area contributed by atoms with Crippen LogP contribution in [0.3, 0.4) is 0 Å². The first kappa shape index (κ1) is 10.4. The maximum atomic E-state index is 11.3. The predicted molar refractivity (Wildman–Crippen MR) is 58.9 cm³/mol. The summed E-state index contributed by atoms with van der Waals surface area (Å²) < 4.78 is 0. The molecule has 1 saturated carbocycles. The highest BCUT2D eigenvalue weighted by Crippen LogP contribution is 2.18. The van der Waals surface area contributed by atoms with Crippen molar-refractivity contribution >= 4 is 22.4 Å². The number of hydrogen-bond donors (Lipinski definition) is 2. The standard InChI is InChI=1S/C9H14N4OS/c1-6-12-13-9(15-6)10-5-4-8(14)11-7-2-3-7/h7H,2-5H2,1H3,(H,10,13)(H,11,14). The highest BCUT2D eigenvalue weighted by Gasteiger charge is 2.22. The minimum atomic E-state index is 0.117. The van der Waals surface area contributed by atoms with Crippen LogP contribution in [0.4, 0.5) is 5.13 Å². The molecule has 1 heterocycles. The molecular weight excluding hydrogens is 212 g/mol. The molecule has 5 nitrogen and oxygen atoms in total. The van der Waals surface area contributed by atoms with Crippen molar-refractivity contribution in [3.05, 3.63) is 5.01 Å². The van der Waals surface area contributed by atoms with E-state index in [1.807, 2.05) is 6.92 Å². The molecule has 1 aromatic rings. The zero-order chi connectivity index (χ0) is 10.7. The number of carbonyl (C=O) groups excluding carboxylic acids is 1. The van der Waals surface area contributed by atoms with Crippen LogP contribution in [0.25, 0.3) is 0 Å². The fourth-order valence-corrected chi connectivity index (χ4v) is 1.80. The zero-order valence-electron chi connectivity index (χ0n) is 8.62. The van der Waals surface area contributed by atoms with Gasteiger partial charge in [-0.05, 0) is 19.8 Å². The van der Waals surface area contributed by atoms with Crippen LogP contribution in [0.5, 0.6) is 0 Å². The third-order valence-corrected chi connectivity index (χ3v) is 2.89. The highest BCUT2D eigenvalue weighted by atomic mass is 32.1. The summed E-state index contributed by atoms with van der Waals surface area (Å²) in [5.74, 6) is 0.117. The number of rotatable bonds is 5. The van der Waals surface area contributed by atoms with Gasteiger partial charge in [0.1, 0.15) is 5.01 Å². The highest BCUT2D eigenvalue weighted by molar-refractivity contribution is 7.15. The summed E-state index contributed by atoms with van der Waals surface area (Å²) in [6.45, 7) is 2.52. The molecule has 0 bridgehead atoms. The van der Waals surface area contributed by atoms with Crippen LogP contribution in [0.15, 0.2) is 0 Å². The molecule has 1 fully saturated rings. The number of anilines is 1. The van der Waals surface area contributed by atoms with E-state index in [1.165, 1.54) is 11.3 Å². The first-order chi connectivity index (χ1) is 7.24. The van der Waals surface area contributed by atoms with Gasteiger partial charge in [0.25, 0.3) is 0 Å². The maximum Gasteiger partial charge on any atom is 0.221 e. The molecule has 0 aromatic carbocycles. The lowest BCUT2D eigenvalue weighted by molar-refractivity contribution is -0.120. The Hall–Kier alpha value is -1.17. The summed E-state index contributed by atoms with van der Waals surface area (Å²) in [7, 11) is 0. The van der Waals surface area contributed by atoms with E-state index in [-0.39, 0.29) is 5.91 Å². The van der Waals surface area contributed by atoms with Gasteiger partial charge in [0.2, 0.25) is 11.0 Å². The SMILES string of the molecule is Cc1nnc(NCCC(=O)NC2CC2)s1. The van der Waals surface area contributed by atoms with Crippen LogP contribution in [-0.2, 0) is 4.79 Å². The molecule has 1 aliphatic rings. The van der Waals surface area contributed by atoms with Crippen LogP contribution >= 0.6 is 11.3 Å². The molecule has 0 spiro atoms. The molecule has 6 heteroatoms. The molecule has 0 aliphatic heterocycles. The van der Waals surface area contributed by atoms with Gasteiger partial charge in [-0.25, -0.2) is 0 Å². The fraction of sp³-hybridized carbons (Fsp3) is 0.667. The summed E-state index contributed by atoms with van der Waals surface area (Å²) >= 11 is 1.50. The van der Waals surface area contributed by atoms with Gasteiger partial charge >= 0.3 is 0 Å². The third-order valence-electron chi connectivity index (χ3n) is 2.10. The predicted octanol–water partition coefficient (Wildman–Crippen LogP) is 0.927. The molecule has 1 aliphatic carbocycles. The van der Waals surface area contributed by atoms with Crippen molar-refractivity contribution in [2.75, 3.05) is 11.9 Å². The van der Waals surface area contributed by atoms with Gasteiger partial charge in [-0.2, -0.15) is 0 Å². The van der Waals surface area contributed by atoms with Crippen molar-refractivity contribution in [1.29, 1.82) is 0 Å². The molecule has 2 rings (SSSR count). The van der Waals surface area contributed by atoms with Crippen molar-refractivity contribution in [2.45, 2.75) is 32.2 Å². The maximum absolute atomic E-state index is 11.3. The lowest BCUT2D eigenvalue weighted by Gasteiger charge is -2.03. The first-order valence-electron chi connectivity index (χ1n) is 5.07. The van der Waals surface area contributed by atoms with Gasteiger partial charge in [-0.15, -0.1) is 10.2 Å². The van der Waals surface area contributed by atoms with E-state index in [4.69, 9.17) is 0 Å². The van der Waals surface area contributed by atoms with Crippen LogP contribution in [-0.4, -0.2) is 28.7 Å². The van der Waals surface area contributed by atoms with Crippen molar-refractivity contribution in [3.63, 3.8) is 0 Å². The Morgan fingerprint density at radius 2 is 2.33 bits per heavy atom. The molecule has 0 radical (unpaired) electrons. The molecule has 1 aromatic heterocycles. The number of aromatic nitrogens is 2. The van der Waals surface area contributed by atoms with Crippen LogP contribution in [0, 0.1) is 6.92 Å². The van der Waals surface area contributed by atoms with Crippen LogP contribution in [0.1, 0.15) is 24.3 Å². The quantitative estimate of drug-likeness (QED) is 0.783. The number of aryl methyl sites for hydroxylation is 1. The van der Waals surface area contributed by atoms with Gasteiger partial charge in [-0.1, -0.05) is 11.3 Å². The molecule has 15 heavy (non-hydrogen) atoms. The van der Waals surface area contributed by atoms with Gasteiger partial charge in [-0.3, -0.25) is 4.79 Å². The molecule has 82 valence electrons. The second-order valence-electron chi connectivity index (χ2n) is 3.64. The first-order valence-corrected chi connectivity index (χ1v) is 5.89. The van der Waals surface area contributed by atoms with E-state index in [0.717, 1.165) is 23.0 Å². The Kier molecular flexibility index (Phi) is 3.15. The van der Waals surface area contributed by atoms with E-state index in [1.54, 1.807) is 0 Å². The molecule has 0 atom stereocenters. The van der Waals surface area contributed by atoms with Gasteiger partial charge in [0.05, 0.1) is 0 Å². The normalized spacial score (nSPS) is 15.0. The average molecular weight is 226 g/mol. The molecule has 2 N–H and O–H groups in total. The van der Waals surface area contributed by atoms with Crippen molar-refractivity contribution in [2.24, 2.45) is 0 Å². The number of amides is 1. The minimum Gasteiger partial charge on any atom is -0.360 e. The third kappa shape index (κ3) is 3.47. The second-order valence-corrected chi connectivity index (χ2v) is 4.83. The summed E-state index contributed by atoms with van der Waals surface area (Å²) in [4.78, 5) is 11.3. The van der Waals surface area contributed by atoms with E-state index in [0.29, 0.717) is 19.0 Å². The van der Waals surface area contributed by atoms with Crippen LogP contribution in [0.2, 0.25) is 0 Å². The number of nitrogens with zero attached hydrogens (tertiary/aromatic N) is 2. The lowest BCUT2D eigenvalue weighted by Crippen LogP contribution is -2.27. The molecule has 0 unspecified atom stereocenters. The second kappa shape index (κ2) is 4.57. The van der Waals surface area contributed by atoms with Crippen molar-refractivity contribution < 1.29 is 4.79 Å². The van der Waals surface area contributed by atoms with E-state index < -0.39 is 0 Å². The molecular formula is C9H14N4OS. The zero-order valence-corrected chi connectivity index (χ0v) is 9.43. The lowest BCUT2D eigenvalue weighted by atomic mass is 10.4. The van der Waals surface area contributed by atoms with E-state index in [2.05, 4.69) is 20.8 Å². The van der Waals surface area contributed by atoms with E-state index in [9.17, 15) is 4.79 Å². The number of hydrogen-bond acceptors (Lipinski definition) is 5. The largest absolute Gasteiger partial charge is 0.360 e. The number of nitrogens with one attached hydrogen (secondary N) is 2. The summed E-state index contributed by atoms with van der Waals surface area (Å²) in [5, 5.41) is 15.5. The summed E-state index contributed by atoms with van der Waals surface area (Å²) in [5.41, 5.74) is 0. The molecule has 0 saturated heterocycles. The monoisotopic (exact) mass is 226 g/mol. The Morgan fingerprint density at radius 1 is 1.53 bits per heavy atom. The Balaban J connectivity index is 1.63. The number of carbonyl (C=O) groups is 1.